The van der Waals surface area contributed by atoms with Crippen LogP contribution >= 0.6 is 0 Å². The van der Waals surface area contributed by atoms with Gasteiger partial charge in [0.05, 0.1) is 6.42 Å². The van der Waals surface area contributed by atoms with Gasteiger partial charge in [0, 0.05) is 0 Å². The molecule has 6 heteroatoms. The van der Waals surface area contributed by atoms with E-state index >= 15 is 0 Å². The Balaban J connectivity index is 1.80. The van der Waals surface area contributed by atoms with Gasteiger partial charge in [-0.2, -0.15) is 10.1 Å². The zero-order chi connectivity index (χ0) is 12.4. The van der Waals surface area contributed by atoms with Crippen molar-refractivity contribution in [3.63, 3.8) is 0 Å². The number of aromatic amines is 1. The van der Waals surface area contributed by atoms with Gasteiger partial charge in [0.1, 0.15) is 6.33 Å². The zero-order valence-corrected chi connectivity index (χ0v) is 9.79. The molecule has 3 aromatic rings. The van der Waals surface area contributed by atoms with Gasteiger partial charge in [-0.3, -0.25) is 5.10 Å². The van der Waals surface area contributed by atoms with Gasteiger partial charge in [-0.25, -0.2) is 4.98 Å². The number of nitrogens with zero attached hydrogens (tertiary/aromatic N) is 4. The molecule has 0 amide bonds. The first-order chi connectivity index (χ1) is 8.81. The van der Waals surface area contributed by atoms with E-state index in [1.807, 2.05) is 12.1 Å². The standard InChI is InChI=1S/C12H11N5O/c1-8-2-4-9(5-3-8)6-10-15-12(17-18-10)11-13-7-14-16-11/h2-5,7H,6H2,1H3,(H,13,14,16). The van der Waals surface area contributed by atoms with Crippen LogP contribution in [0.4, 0.5) is 0 Å². The van der Waals surface area contributed by atoms with Gasteiger partial charge in [0.25, 0.3) is 0 Å². The van der Waals surface area contributed by atoms with Crippen molar-refractivity contribution in [3.8, 4) is 11.6 Å². The van der Waals surface area contributed by atoms with Gasteiger partial charge in [-0.15, -0.1) is 0 Å². The van der Waals surface area contributed by atoms with E-state index in [0.29, 0.717) is 24.0 Å². The molecule has 90 valence electrons. The molecular weight excluding hydrogens is 230 g/mol. The van der Waals surface area contributed by atoms with Gasteiger partial charge >= 0.3 is 0 Å². The topological polar surface area (TPSA) is 80.5 Å². The fraction of sp³-hybridized carbons (Fsp3) is 0.167. The van der Waals surface area contributed by atoms with Crippen molar-refractivity contribution >= 4 is 0 Å². The van der Waals surface area contributed by atoms with E-state index < -0.39 is 0 Å². The zero-order valence-electron chi connectivity index (χ0n) is 9.79. The summed E-state index contributed by atoms with van der Waals surface area (Å²) < 4.78 is 5.17. The smallest absolute Gasteiger partial charge is 0.239 e. The molecule has 0 saturated carbocycles. The number of nitrogens with one attached hydrogen (secondary N) is 1. The largest absolute Gasteiger partial charge is 0.339 e. The Morgan fingerprint density at radius 1 is 1.22 bits per heavy atom. The quantitative estimate of drug-likeness (QED) is 0.755. The molecule has 0 bridgehead atoms. The molecule has 0 saturated heterocycles. The van der Waals surface area contributed by atoms with Crippen molar-refractivity contribution in [1.29, 1.82) is 0 Å². The van der Waals surface area contributed by atoms with Crippen LogP contribution < -0.4 is 0 Å². The van der Waals surface area contributed by atoms with Crippen molar-refractivity contribution < 1.29 is 4.52 Å². The summed E-state index contributed by atoms with van der Waals surface area (Å²) in [5, 5.41) is 10.3. The minimum absolute atomic E-state index is 0.426. The number of hydrogen-bond acceptors (Lipinski definition) is 5. The Hall–Kier alpha value is -2.50. The fourth-order valence-corrected chi connectivity index (χ4v) is 1.62. The molecule has 0 unspecified atom stereocenters. The molecule has 1 N–H and O–H groups in total. The van der Waals surface area contributed by atoms with Crippen LogP contribution in [-0.4, -0.2) is 25.3 Å². The Morgan fingerprint density at radius 3 is 2.78 bits per heavy atom. The molecular formula is C12H11N5O. The molecule has 0 spiro atoms. The Labute approximate surface area is 103 Å². The van der Waals surface area contributed by atoms with E-state index in [2.05, 4.69) is 44.4 Å². The van der Waals surface area contributed by atoms with Gasteiger partial charge in [0.2, 0.25) is 11.7 Å². The average molecular weight is 241 g/mol. The molecule has 2 heterocycles. The maximum atomic E-state index is 5.17. The number of rotatable bonds is 3. The lowest BCUT2D eigenvalue weighted by Crippen LogP contribution is -1.89. The van der Waals surface area contributed by atoms with Crippen LogP contribution in [0, 0.1) is 6.92 Å². The first-order valence-electron chi connectivity index (χ1n) is 5.55. The summed E-state index contributed by atoms with van der Waals surface area (Å²) in [7, 11) is 0. The molecule has 0 aliphatic heterocycles. The molecule has 0 aliphatic rings. The van der Waals surface area contributed by atoms with Crippen LogP contribution in [0.5, 0.6) is 0 Å². The van der Waals surface area contributed by atoms with Gasteiger partial charge < -0.3 is 4.52 Å². The predicted molar refractivity (Wildman–Crippen MR) is 63.7 cm³/mol. The summed E-state index contributed by atoms with van der Waals surface area (Å²) in [6.45, 7) is 2.05. The van der Waals surface area contributed by atoms with E-state index in [0.717, 1.165) is 5.56 Å². The molecule has 0 fully saturated rings. The minimum Gasteiger partial charge on any atom is -0.339 e. The van der Waals surface area contributed by atoms with Crippen LogP contribution in [0.1, 0.15) is 17.0 Å². The number of aromatic nitrogens is 5. The van der Waals surface area contributed by atoms with Gasteiger partial charge in [-0.1, -0.05) is 35.0 Å². The lowest BCUT2D eigenvalue weighted by Gasteiger charge is -1.96. The highest BCUT2D eigenvalue weighted by Gasteiger charge is 2.11. The Kier molecular flexibility index (Phi) is 2.60. The fourth-order valence-electron chi connectivity index (χ4n) is 1.62. The average Bonchev–Trinajstić information content (AvgIpc) is 3.02. The van der Waals surface area contributed by atoms with E-state index in [1.54, 1.807) is 0 Å². The van der Waals surface area contributed by atoms with Crippen molar-refractivity contribution in [3.05, 3.63) is 47.6 Å². The number of H-pyrrole nitrogens is 1. The first-order valence-corrected chi connectivity index (χ1v) is 5.55. The highest BCUT2D eigenvalue weighted by Crippen LogP contribution is 2.13. The number of benzene rings is 1. The molecule has 0 atom stereocenters. The third-order valence-corrected chi connectivity index (χ3v) is 2.57. The summed E-state index contributed by atoms with van der Waals surface area (Å²) in [6, 6.07) is 8.22. The van der Waals surface area contributed by atoms with Crippen molar-refractivity contribution in [1.82, 2.24) is 25.3 Å². The lowest BCUT2D eigenvalue weighted by atomic mass is 10.1. The highest BCUT2D eigenvalue weighted by atomic mass is 16.5. The van der Waals surface area contributed by atoms with Crippen LogP contribution in [0.2, 0.25) is 0 Å². The molecule has 0 aliphatic carbocycles. The number of aryl methyl sites for hydroxylation is 1. The van der Waals surface area contributed by atoms with E-state index in [-0.39, 0.29) is 0 Å². The van der Waals surface area contributed by atoms with Crippen LogP contribution in [0.3, 0.4) is 0 Å². The summed E-state index contributed by atoms with van der Waals surface area (Å²) in [4.78, 5) is 8.23. The molecule has 6 nitrogen and oxygen atoms in total. The van der Waals surface area contributed by atoms with E-state index in [1.165, 1.54) is 11.9 Å². The number of hydrogen-bond donors (Lipinski definition) is 1. The molecule has 3 rings (SSSR count). The maximum Gasteiger partial charge on any atom is 0.239 e. The van der Waals surface area contributed by atoms with E-state index in [4.69, 9.17) is 4.52 Å². The van der Waals surface area contributed by atoms with Gasteiger partial charge in [-0.05, 0) is 12.5 Å². The minimum atomic E-state index is 0.426. The first kappa shape index (κ1) is 10.6. The molecule has 1 aromatic carbocycles. The normalized spacial score (nSPS) is 10.7. The molecule has 18 heavy (non-hydrogen) atoms. The monoisotopic (exact) mass is 241 g/mol. The summed E-state index contributed by atoms with van der Waals surface area (Å²) in [6.07, 6.45) is 2.02. The second-order valence-electron chi connectivity index (χ2n) is 4.01. The Morgan fingerprint density at radius 2 is 2.06 bits per heavy atom. The third kappa shape index (κ3) is 2.13. The molecule has 2 aromatic heterocycles. The van der Waals surface area contributed by atoms with Crippen LogP contribution in [0.25, 0.3) is 11.6 Å². The SMILES string of the molecule is Cc1ccc(Cc2nc(-c3ncn[nH]3)no2)cc1. The van der Waals surface area contributed by atoms with Crippen molar-refractivity contribution in [2.75, 3.05) is 0 Å². The summed E-state index contributed by atoms with van der Waals surface area (Å²) >= 11 is 0. The predicted octanol–water partition coefficient (Wildman–Crippen LogP) is 1.75. The van der Waals surface area contributed by atoms with Crippen LogP contribution in [-0.2, 0) is 6.42 Å². The second kappa shape index (κ2) is 4.40. The Bertz CT molecular complexity index is 627. The maximum absolute atomic E-state index is 5.17. The lowest BCUT2D eigenvalue weighted by molar-refractivity contribution is 0.385. The highest BCUT2D eigenvalue weighted by molar-refractivity contribution is 5.39. The molecule has 0 radical (unpaired) electrons. The van der Waals surface area contributed by atoms with Crippen molar-refractivity contribution in [2.24, 2.45) is 0 Å². The second-order valence-corrected chi connectivity index (χ2v) is 4.01. The van der Waals surface area contributed by atoms with Crippen LogP contribution in [0.15, 0.2) is 35.1 Å². The summed E-state index contributed by atoms with van der Waals surface area (Å²) in [5.41, 5.74) is 2.36. The third-order valence-electron chi connectivity index (χ3n) is 2.57. The van der Waals surface area contributed by atoms with Crippen molar-refractivity contribution in [2.45, 2.75) is 13.3 Å². The van der Waals surface area contributed by atoms with E-state index in [9.17, 15) is 0 Å². The summed E-state index contributed by atoms with van der Waals surface area (Å²) in [5.74, 6) is 1.49. The van der Waals surface area contributed by atoms with Gasteiger partial charge in [0.15, 0.2) is 5.82 Å².